The van der Waals surface area contributed by atoms with Crippen molar-refractivity contribution < 1.29 is 4.79 Å². The first-order valence-corrected chi connectivity index (χ1v) is 8.36. The van der Waals surface area contributed by atoms with Crippen LogP contribution in [0.3, 0.4) is 0 Å². The van der Waals surface area contributed by atoms with Gasteiger partial charge < -0.3 is 15.5 Å². The number of nitrogens with one attached hydrogen (secondary N) is 2. The summed E-state index contributed by atoms with van der Waals surface area (Å²) in [6.45, 7) is 7.98. The number of aromatic nitrogens is 1. The molecule has 0 aromatic carbocycles. The number of likely N-dealkylation sites (tertiary alicyclic amines) is 1. The number of piperidine rings is 1. The van der Waals surface area contributed by atoms with Crippen LogP contribution in [0.5, 0.6) is 0 Å². The molecule has 1 aliphatic rings. The Bertz CT molecular complexity index is 495. The van der Waals surface area contributed by atoms with Crippen molar-refractivity contribution in [3.8, 4) is 0 Å². The second-order valence-corrected chi connectivity index (χ2v) is 6.20. The molecule has 0 saturated carbocycles. The first-order valence-electron chi connectivity index (χ1n) is 7.56. The molecule has 2 heterocycles. The molecule has 1 aromatic heterocycles. The van der Waals surface area contributed by atoms with Gasteiger partial charge in [0.05, 0.1) is 5.56 Å². The number of rotatable bonds is 5. The molecule has 6 heteroatoms. The fraction of sp³-hybridized carbons (Fsp3) is 0.600. The SMILES string of the molecule is CCNc1ncc(Br)cc1C(=O)NC1CCCN(CC)C1. The molecular weight excluding hydrogens is 332 g/mol. The molecule has 1 fully saturated rings. The Morgan fingerprint density at radius 2 is 2.33 bits per heavy atom. The Kier molecular flexibility index (Phi) is 5.99. The normalized spacial score (nSPS) is 19.3. The van der Waals surface area contributed by atoms with Crippen LogP contribution in [-0.2, 0) is 0 Å². The van der Waals surface area contributed by atoms with Crippen LogP contribution >= 0.6 is 15.9 Å². The largest absolute Gasteiger partial charge is 0.370 e. The van der Waals surface area contributed by atoms with E-state index in [9.17, 15) is 4.79 Å². The van der Waals surface area contributed by atoms with Crippen molar-refractivity contribution >= 4 is 27.7 Å². The van der Waals surface area contributed by atoms with E-state index in [2.05, 4.69) is 43.4 Å². The number of anilines is 1. The van der Waals surface area contributed by atoms with Gasteiger partial charge in [-0.25, -0.2) is 4.98 Å². The molecule has 2 N–H and O–H groups in total. The Balaban J connectivity index is 2.07. The van der Waals surface area contributed by atoms with E-state index in [4.69, 9.17) is 0 Å². The topological polar surface area (TPSA) is 57.3 Å². The molecule has 2 rings (SSSR count). The van der Waals surface area contributed by atoms with Gasteiger partial charge in [0.1, 0.15) is 5.82 Å². The first-order chi connectivity index (χ1) is 10.1. The maximum atomic E-state index is 12.5. The highest BCUT2D eigenvalue weighted by atomic mass is 79.9. The van der Waals surface area contributed by atoms with Gasteiger partial charge in [0.25, 0.3) is 5.91 Å². The fourth-order valence-electron chi connectivity index (χ4n) is 2.64. The quantitative estimate of drug-likeness (QED) is 0.852. The highest BCUT2D eigenvalue weighted by Crippen LogP contribution is 2.19. The molecule has 21 heavy (non-hydrogen) atoms. The lowest BCUT2D eigenvalue weighted by molar-refractivity contribution is 0.0906. The molecule has 5 nitrogen and oxygen atoms in total. The van der Waals surface area contributed by atoms with E-state index < -0.39 is 0 Å². The number of halogens is 1. The zero-order valence-corrected chi connectivity index (χ0v) is 14.2. The zero-order valence-electron chi connectivity index (χ0n) is 12.7. The predicted molar refractivity (Wildman–Crippen MR) is 88.7 cm³/mol. The van der Waals surface area contributed by atoms with Gasteiger partial charge >= 0.3 is 0 Å². The summed E-state index contributed by atoms with van der Waals surface area (Å²) in [5, 5.41) is 6.28. The van der Waals surface area contributed by atoms with Crippen molar-refractivity contribution in [1.29, 1.82) is 0 Å². The summed E-state index contributed by atoms with van der Waals surface area (Å²) >= 11 is 3.38. The number of hydrogen-bond donors (Lipinski definition) is 2. The summed E-state index contributed by atoms with van der Waals surface area (Å²) in [7, 11) is 0. The molecule has 0 spiro atoms. The van der Waals surface area contributed by atoms with Crippen molar-refractivity contribution in [2.45, 2.75) is 32.7 Å². The Hall–Kier alpha value is -1.14. The Labute approximate surface area is 134 Å². The van der Waals surface area contributed by atoms with Crippen molar-refractivity contribution in [2.75, 3.05) is 31.5 Å². The van der Waals surface area contributed by atoms with Crippen molar-refractivity contribution in [3.05, 3.63) is 22.3 Å². The number of carbonyl (C=O) groups excluding carboxylic acids is 1. The summed E-state index contributed by atoms with van der Waals surface area (Å²) in [5.41, 5.74) is 0.597. The van der Waals surface area contributed by atoms with Gasteiger partial charge in [-0.1, -0.05) is 6.92 Å². The average molecular weight is 355 g/mol. The lowest BCUT2D eigenvalue weighted by Crippen LogP contribution is -2.47. The first kappa shape index (κ1) is 16.2. The van der Waals surface area contributed by atoms with Gasteiger partial charge in [0.2, 0.25) is 0 Å². The molecule has 116 valence electrons. The van der Waals surface area contributed by atoms with Gasteiger partial charge in [-0.3, -0.25) is 4.79 Å². The summed E-state index contributed by atoms with van der Waals surface area (Å²) in [4.78, 5) is 19.2. The monoisotopic (exact) mass is 354 g/mol. The van der Waals surface area contributed by atoms with Crippen LogP contribution in [0.25, 0.3) is 0 Å². The third kappa shape index (κ3) is 4.41. The molecule has 1 saturated heterocycles. The Morgan fingerprint density at radius 3 is 3.05 bits per heavy atom. The predicted octanol–water partition coefficient (Wildman–Crippen LogP) is 2.49. The molecule has 0 bridgehead atoms. The highest BCUT2D eigenvalue weighted by Gasteiger charge is 2.22. The number of hydrogen-bond acceptors (Lipinski definition) is 4. The van der Waals surface area contributed by atoms with E-state index in [-0.39, 0.29) is 11.9 Å². The second-order valence-electron chi connectivity index (χ2n) is 5.29. The average Bonchev–Trinajstić information content (AvgIpc) is 2.49. The molecule has 1 amide bonds. The standard InChI is InChI=1S/C15H23BrN4O/c1-3-17-14-13(8-11(16)9-18-14)15(21)19-12-6-5-7-20(4-2)10-12/h8-9,12H,3-7,10H2,1-2H3,(H,17,18)(H,19,21). The fourth-order valence-corrected chi connectivity index (χ4v) is 2.98. The number of likely N-dealkylation sites (N-methyl/N-ethyl adjacent to an activating group) is 1. The van der Waals surface area contributed by atoms with E-state index in [1.165, 1.54) is 0 Å². The van der Waals surface area contributed by atoms with Gasteiger partial charge in [-0.15, -0.1) is 0 Å². The number of amides is 1. The lowest BCUT2D eigenvalue weighted by atomic mass is 10.1. The molecule has 0 aliphatic carbocycles. The molecule has 1 aromatic rings. The van der Waals surface area contributed by atoms with Gasteiger partial charge in [-0.2, -0.15) is 0 Å². The van der Waals surface area contributed by atoms with Gasteiger partial charge in [0.15, 0.2) is 0 Å². The van der Waals surface area contributed by atoms with E-state index in [0.717, 1.165) is 43.5 Å². The van der Waals surface area contributed by atoms with Crippen LogP contribution in [0.1, 0.15) is 37.0 Å². The Morgan fingerprint density at radius 1 is 1.52 bits per heavy atom. The molecule has 1 atom stereocenters. The third-order valence-electron chi connectivity index (χ3n) is 3.73. The molecule has 1 aliphatic heterocycles. The maximum Gasteiger partial charge on any atom is 0.255 e. The molecule has 1 unspecified atom stereocenters. The molecule has 0 radical (unpaired) electrons. The van der Waals surface area contributed by atoms with Crippen molar-refractivity contribution in [2.24, 2.45) is 0 Å². The van der Waals surface area contributed by atoms with Crippen LogP contribution in [0.15, 0.2) is 16.7 Å². The summed E-state index contributed by atoms with van der Waals surface area (Å²) < 4.78 is 0.813. The summed E-state index contributed by atoms with van der Waals surface area (Å²) in [6.07, 6.45) is 3.88. The number of pyridine rings is 1. The minimum absolute atomic E-state index is 0.0531. The van der Waals surface area contributed by atoms with Gasteiger partial charge in [-0.05, 0) is 54.9 Å². The number of nitrogens with zero attached hydrogens (tertiary/aromatic N) is 2. The van der Waals surface area contributed by atoms with E-state index in [1.54, 1.807) is 6.20 Å². The van der Waals surface area contributed by atoms with Crippen LogP contribution in [-0.4, -0.2) is 48.0 Å². The van der Waals surface area contributed by atoms with Crippen LogP contribution in [0, 0.1) is 0 Å². The molecular formula is C15H23BrN4O. The van der Waals surface area contributed by atoms with Crippen molar-refractivity contribution in [3.63, 3.8) is 0 Å². The second kappa shape index (κ2) is 7.75. The number of carbonyl (C=O) groups is 1. The smallest absolute Gasteiger partial charge is 0.255 e. The van der Waals surface area contributed by atoms with E-state index in [1.807, 2.05) is 13.0 Å². The maximum absolute atomic E-state index is 12.5. The van der Waals surface area contributed by atoms with E-state index >= 15 is 0 Å². The van der Waals surface area contributed by atoms with Crippen molar-refractivity contribution in [1.82, 2.24) is 15.2 Å². The summed E-state index contributed by atoms with van der Waals surface area (Å²) in [6, 6.07) is 2.04. The van der Waals surface area contributed by atoms with E-state index in [0.29, 0.717) is 11.4 Å². The lowest BCUT2D eigenvalue weighted by Gasteiger charge is -2.32. The summed E-state index contributed by atoms with van der Waals surface area (Å²) in [5.74, 6) is 0.587. The van der Waals surface area contributed by atoms with Gasteiger partial charge in [0, 0.05) is 29.8 Å². The van der Waals surface area contributed by atoms with Crippen LogP contribution < -0.4 is 10.6 Å². The minimum Gasteiger partial charge on any atom is -0.370 e. The highest BCUT2D eigenvalue weighted by molar-refractivity contribution is 9.10. The van der Waals surface area contributed by atoms with Crippen LogP contribution in [0.2, 0.25) is 0 Å². The van der Waals surface area contributed by atoms with Crippen LogP contribution in [0.4, 0.5) is 5.82 Å². The zero-order chi connectivity index (χ0) is 15.2. The minimum atomic E-state index is -0.0531. The third-order valence-corrected chi connectivity index (χ3v) is 4.16.